The molecule has 2 fully saturated rings. The van der Waals surface area contributed by atoms with E-state index in [2.05, 4.69) is 49.4 Å². The van der Waals surface area contributed by atoms with Crippen LogP contribution >= 0.6 is 0 Å². The molecule has 2 aromatic rings. The molecule has 1 saturated heterocycles. The SMILES string of the molecule is C[C@@H]1CCC[NH+]1CCc1ccc(-c2ccc3c(c2)CCN(C(=O)[C@@H]2CCCC[C@H]2C(=O)O)C3)cc1.O=C([O-])C(F)(F)F. The number of amides is 1. The molecule has 0 aromatic heterocycles. The number of rotatable bonds is 6. The minimum Gasteiger partial charge on any atom is -0.542 e. The van der Waals surface area contributed by atoms with Crippen LogP contribution in [-0.4, -0.2) is 59.7 Å². The van der Waals surface area contributed by atoms with Crippen molar-refractivity contribution < 1.29 is 42.7 Å². The summed E-state index contributed by atoms with van der Waals surface area (Å²) >= 11 is 0. The Labute approximate surface area is 244 Å². The predicted molar refractivity (Wildman–Crippen MR) is 148 cm³/mol. The van der Waals surface area contributed by atoms with Gasteiger partial charge in [-0.1, -0.05) is 55.3 Å². The number of halogens is 3. The van der Waals surface area contributed by atoms with Gasteiger partial charge in [-0.2, -0.15) is 13.2 Å². The Balaban J connectivity index is 0.000000517. The molecule has 3 aliphatic rings. The number of fused-ring (bicyclic) bond motifs is 1. The first kappa shape index (κ1) is 31.5. The van der Waals surface area contributed by atoms with Crippen molar-refractivity contribution >= 4 is 17.8 Å². The molecule has 0 spiro atoms. The first-order valence-corrected chi connectivity index (χ1v) is 14.8. The highest BCUT2D eigenvalue weighted by molar-refractivity contribution is 5.85. The summed E-state index contributed by atoms with van der Waals surface area (Å²) in [7, 11) is 0. The number of carbonyl (C=O) groups is 3. The highest BCUT2D eigenvalue weighted by atomic mass is 19.4. The lowest BCUT2D eigenvalue weighted by Gasteiger charge is -2.35. The average Bonchev–Trinajstić information content (AvgIpc) is 3.39. The summed E-state index contributed by atoms with van der Waals surface area (Å²) in [4.78, 5) is 37.3. The van der Waals surface area contributed by atoms with Crippen LogP contribution in [0.25, 0.3) is 11.1 Å². The van der Waals surface area contributed by atoms with Gasteiger partial charge >= 0.3 is 12.1 Å². The van der Waals surface area contributed by atoms with Crippen LogP contribution in [0.5, 0.6) is 0 Å². The number of aliphatic carboxylic acids is 2. The van der Waals surface area contributed by atoms with Gasteiger partial charge in [0.25, 0.3) is 0 Å². The molecule has 2 N–H and O–H groups in total. The van der Waals surface area contributed by atoms with Crippen LogP contribution in [0.3, 0.4) is 0 Å². The first-order chi connectivity index (χ1) is 19.9. The minimum absolute atomic E-state index is 0.0348. The van der Waals surface area contributed by atoms with Gasteiger partial charge < -0.3 is 24.8 Å². The first-order valence-electron chi connectivity index (χ1n) is 14.8. The van der Waals surface area contributed by atoms with E-state index in [1.807, 2.05) is 4.90 Å². The van der Waals surface area contributed by atoms with Crippen molar-refractivity contribution in [2.24, 2.45) is 11.8 Å². The number of carboxylic acids is 2. The van der Waals surface area contributed by atoms with Gasteiger partial charge in [0.1, 0.15) is 5.97 Å². The van der Waals surface area contributed by atoms with E-state index >= 15 is 0 Å². The van der Waals surface area contributed by atoms with Crippen molar-refractivity contribution in [3.63, 3.8) is 0 Å². The Bertz CT molecular complexity index is 1260. The fourth-order valence-corrected chi connectivity index (χ4v) is 6.50. The second-order valence-corrected chi connectivity index (χ2v) is 11.8. The fourth-order valence-electron chi connectivity index (χ4n) is 6.50. The summed E-state index contributed by atoms with van der Waals surface area (Å²) in [6.07, 6.45) is 2.68. The van der Waals surface area contributed by atoms with Gasteiger partial charge in [-0.15, -0.1) is 0 Å². The molecular formula is C32H39F3N2O5. The lowest BCUT2D eigenvalue weighted by molar-refractivity contribution is -0.910. The molecule has 1 aliphatic carbocycles. The van der Waals surface area contributed by atoms with E-state index in [-0.39, 0.29) is 11.8 Å². The molecule has 228 valence electrons. The van der Waals surface area contributed by atoms with E-state index in [0.717, 1.165) is 31.7 Å². The highest BCUT2D eigenvalue weighted by Crippen LogP contribution is 2.34. The van der Waals surface area contributed by atoms with E-state index in [9.17, 15) is 27.9 Å². The van der Waals surface area contributed by atoms with Gasteiger partial charge in [0, 0.05) is 32.4 Å². The largest absolute Gasteiger partial charge is 0.542 e. The Hall–Kier alpha value is -3.40. The van der Waals surface area contributed by atoms with Crippen molar-refractivity contribution in [2.45, 2.75) is 77.1 Å². The smallest absolute Gasteiger partial charge is 0.430 e. The van der Waals surface area contributed by atoms with Crippen LogP contribution in [-0.2, 0) is 33.8 Å². The van der Waals surface area contributed by atoms with Crippen molar-refractivity contribution in [1.82, 2.24) is 4.90 Å². The molecule has 0 radical (unpaired) electrons. The number of nitrogens with one attached hydrogen (secondary N) is 1. The highest BCUT2D eigenvalue weighted by Gasteiger charge is 2.38. The molecule has 2 heterocycles. The van der Waals surface area contributed by atoms with Crippen LogP contribution in [0, 0.1) is 11.8 Å². The topological polar surface area (TPSA) is 102 Å². The number of nitrogens with zero attached hydrogens (tertiary/aromatic N) is 1. The zero-order valence-corrected chi connectivity index (χ0v) is 23.9. The standard InChI is InChI=1S/C30H38N2O3.C2HF3O2/c1-21-5-4-16-31(21)17-14-22-8-10-23(11-9-22)24-12-13-26-20-32(18-15-25(26)19-24)29(33)27-6-2-3-7-28(27)30(34)35;3-2(4,5)1(6)7/h8-13,19,21,27-28H,2-7,14-18,20H2,1H3,(H,34,35);(H,6,7)/t21-,27-,28-;/m1./s1. The van der Waals surface area contributed by atoms with E-state index in [1.54, 1.807) is 4.90 Å². The molecule has 7 nitrogen and oxygen atoms in total. The van der Waals surface area contributed by atoms with Gasteiger partial charge in [0.05, 0.1) is 31.0 Å². The molecular weight excluding hydrogens is 549 g/mol. The molecule has 1 unspecified atom stereocenters. The van der Waals surface area contributed by atoms with E-state index in [0.29, 0.717) is 25.9 Å². The number of hydrogen-bond donors (Lipinski definition) is 2. The quantitative estimate of drug-likeness (QED) is 0.541. The summed E-state index contributed by atoms with van der Waals surface area (Å²) in [6.45, 7) is 6.18. The van der Waals surface area contributed by atoms with Crippen molar-refractivity contribution in [3.8, 4) is 11.1 Å². The molecule has 5 rings (SSSR count). The molecule has 4 atom stereocenters. The Morgan fingerprint density at radius 3 is 2.19 bits per heavy atom. The fraction of sp³-hybridized carbons (Fsp3) is 0.531. The maximum atomic E-state index is 13.2. The number of carbonyl (C=O) groups excluding carboxylic acids is 2. The normalized spacial score (nSPS) is 23.9. The summed E-state index contributed by atoms with van der Waals surface area (Å²) in [5.74, 6) is -4.68. The van der Waals surface area contributed by atoms with Gasteiger partial charge in [0.15, 0.2) is 0 Å². The molecule has 1 amide bonds. The average molecular weight is 589 g/mol. The molecule has 1 saturated carbocycles. The van der Waals surface area contributed by atoms with Gasteiger partial charge in [-0.05, 0) is 54.0 Å². The molecule has 42 heavy (non-hydrogen) atoms. The second kappa shape index (κ2) is 13.7. The third-order valence-corrected chi connectivity index (χ3v) is 9.02. The third-order valence-electron chi connectivity index (χ3n) is 9.02. The number of alkyl halides is 3. The van der Waals surface area contributed by atoms with E-state index in [4.69, 9.17) is 9.90 Å². The van der Waals surface area contributed by atoms with E-state index in [1.165, 1.54) is 53.7 Å². The number of likely N-dealkylation sites (tertiary alicyclic amines) is 1. The lowest BCUT2D eigenvalue weighted by Crippen LogP contribution is -3.13. The number of hydrogen-bond acceptors (Lipinski definition) is 4. The number of carboxylic acid groups (broad SMARTS) is 2. The Kier molecular flexibility index (Phi) is 10.3. The maximum absolute atomic E-state index is 13.2. The zero-order chi connectivity index (χ0) is 30.4. The van der Waals surface area contributed by atoms with Gasteiger partial charge in [0.2, 0.25) is 5.91 Å². The van der Waals surface area contributed by atoms with Crippen LogP contribution < -0.4 is 10.0 Å². The van der Waals surface area contributed by atoms with E-state index < -0.39 is 24.0 Å². The maximum Gasteiger partial charge on any atom is 0.430 e. The van der Waals surface area contributed by atoms with Crippen molar-refractivity contribution in [1.29, 1.82) is 0 Å². The molecule has 10 heteroatoms. The number of benzene rings is 2. The van der Waals surface area contributed by atoms with Crippen molar-refractivity contribution in [2.75, 3.05) is 19.6 Å². The zero-order valence-electron chi connectivity index (χ0n) is 23.9. The number of quaternary nitrogens is 1. The van der Waals surface area contributed by atoms with Crippen LogP contribution in [0.4, 0.5) is 13.2 Å². The summed E-state index contributed by atoms with van der Waals surface area (Å²) in [6, 6.07) is 16.4. The Morgan fingerprint density at radius 2 is 1.60 bits per heavy atom. The molecule has 0 bridgehead atoms. The van der Waals surface area contributed by atoms with Crippen LogP contribution in [0.2, 0.25) is 0 Å². The Morgan fingerprint density at radius 1 is 0.952 bits per heavy atom. The summed E-state index contributed by atoms with van der Waals surface area (Å²) in [5, 5.41) is 18.4. The lowest BCUT2D eigenvalue weighted by atomic mass is 9.78. The monoisotopic (exact) mass is 588 g/mol. The summed E-state index contributed by atoms with van der Waals surface area (Å²) < 4.78 is 31.5. The third kappa shape index (κ3) is 7.91. The van der Waals surface area contributed by atoms with Crippen LogP contribution in [0.1, 0.15) is 62.1 Å². The van der Waals surface area contributed by atoms with Gasteiger partial charge in [-0.25, -0.2) is 0 Å². The molecule has 2 aliphatic heterocycles. The second-order valence-electron chi connectivity index (χ2n) is 11.8. The van der Waals surface area contributed by atoms with Crippen molar-refractivity contribution in [3.05, 3.63) is 59.2 Å². The van der Waals surface area contributed by atoms with Crippen LogP contribution in [0.15, 0.2) is 42.5 Å². The minimum atomic E-state index is -5.19. The summed E-state index contributed by atoms with van der Waals surface area (Å²) in [5.41, 5.74) is 6.38. The predicted octanol–water partition coefficient (Wildman–Crippen LogP) is 3.04. The molecule has 2 aromatic carbocycles. The van der Waals surface area contributed by atoms with Gasteiger partial charge in [-0.3, -0.25) is 9.59 Å².